The number of rotatable bonds is 2. The van der Waals surface area contributed by atoms with E-state index in [1.807, 2.05) is 30.3 Å². The van der Waals surface area contributed by atoms with E-state index in [4.69, 9.17) is 4.74 Å². The minimum atomic E-state index is -0.453. The first-order valence-corrected chi connectivity index (χ1v) is 10.4. The van der Waals surface area contributed by atoms with Crippen LogP contribution in [-0.4, -0.2) is 29.3 Å². The van der Waals surface area contributed by atoms with Gasteiger partial charge in [0.1, 0.15) is 0 Å². The van der Waals surface area contributed by atoms with Gasteiger partial charge in [0, 0.05) is 30.3 Å². The highest BCUT2D eigenvalue weighted by Crippen LogP contribution is 2.35. The van der Waals surface area contributed by atoms with E-state index in [0.717, 1.165) is 28.7 Å². The van der Waals surface area contributed by atoms with Crippen molar-refractivity contribution in [3.63, 3.8) is 0 Å². The zero-order chi connectivity index (χ0) is 21.1. The highest BCUT2D eigenvalue weighted by atomic mass is 16.5. The lowest BCUT2D eigenvalue weighted by Crippen LogP contribution is -2.18. The van der Waals surface area contributed by atoms with Gasteiger partial charge in [-0.2, -0.15) is 0 Å². The van der Waals surface area contributed by atoms with Crippen molar-refractivity contribution in [1.82, 2.24) is 4.98 Å². The predicted molar refractivity (Wildman–Crippen MR) is 114 cm³/mol. The van der Waals surface area contributed by atoms with Crippen molar-refractivity contribution in [3.8, 4) is 11.1 Å². The quantitative estimate of drug-likeness (QED) is 0.764. The van der Waals surface area contributed by atoms with Gasteiger partial charge < -0.3 is 10.1 Å². The van der Waals surface area contributed by atoms with Crippen LogP contribution in [-0.2, 0) is 25.5 Å². The molecule has 1 aromatic heterocycles. The number of carbonyl (C=O) groups excluding carboxylic acids is 3. The summed E-state index contributed by atoms with van der Waals surface area (Å²) < 4.78 is 5.28. The van der Waals surface area contributed by atoms with Gasteiger partial charge in [-0.05, 0) is 66.8 Å². The summed E-state index contributed by atoms with van der Waals surface area (Å²) in [5.74, 6) is -0.761. The first kappa shape index (κ1) is 20.0. The fourth-order valence-electron chi connectivity index (χ4n) is 4.02. The van der Waals surface area contributed by atoms with E-state index < -0.39 is 5.92 Å². The summed E-state index contributed by atoms with van der Waals surface area (Å²) >= 11 is 0. The Balaban J connectivity index is 1.84. The van der Waals surface area contributed by atoms with Crippen molar-refractivity contribution in [1.29, 1.82) is 0 Å². The molecule has 2 aromatic rings. The van der Waals surface area contributed by atoms with E-state index in [1.54, 1.807) is 19.2 Å². The molecule has 2 aliphatic rings. The van der Waals surface area contributed by atoms with Crippen molar-refractivity contribution in [2.45, 2.75) is 44.9 Å². The van der Waals surface area contributed by atoms with Crippen molar-refractivity contribution < 1.29 is 19.1 Å². The van der Waals surface area contributed by atoms with Gasteiger partial charge in [-0.1, -0.05) is 12.5 Å². The van der Waals surface area contributed by atoms with Gasteiger partial charge in [0.25, 0.3) is 0 Å². The van der Waals surface area contributed by atoms with E-state index in [2.05, 4.69) is 10.3 Å². The zero-order valence-corrected chi connectivity index (χ0v) is 16.9. The van der Waals surface area contributed by atoms with Crippen LogP contribution in [0.2, 0.25) is 0 Å². The molecule has 30 heavy (non-hydrogen) atoms. The average Bonchev–Trinajstić information content (AvgIpc) is 2.72. The standard InChI is InChI=1S/C24H24N2O4/c1-2-30-24(29)19-5-3-4-6-23(28)26-22-14-17-11-18(27)8-7-15(17)12-20(22)16-9-10-25-21(19)13-16/h7-10,12-14,19H,2-6,11H2,1H3,(H,26,28). The Bertz CT molecular complexity index is 1040. The number of aromatic nitrogens is 1. The number of hydrogen-bond donors (Lipinski definition) is 1. The molecule has 154 valence electrons. The molecule has 1 amide bonds. The van der Waals surface area contributed by atoms with Crippen LogP contribution in [0, 0.1) is 0 Å². The van der Waals surface area contributed by atoms with E-state index in [9.17, 15) is 14.4 Å². The molecule has 0 fully saturated rings. The highest BCUT2D eigenvalue weighted by molar-refractivity contribution is 6.01. The van der Waals surface area contributed by atoms with Gasteiger partial charge in [0.05, 0.1) is 18.2 Å². The van der Waals surface area contributed by atoms with Crippen LogP contribution in [0.4, 0.5) is 5.69 Å². The molecule has 2 bridgehead atoms. The van der Waals surface area contributed by atoms with E-state index in [0.29, 0.717) is 43.7 Å². The molecule has 1 aliphatic carbocycles. The molecule has 4 rings (SSSR count). The fourth-order valence-corrected chi connectivity index (χ4v) is 4.02. The van der Waals surface area contributed by atoms with Gasteiger partial charge in [-0.15, -0.1) is 0 Å². The Morgan fingerprint density at radius 3 is 2.90 bits per heavy atom. The fraction of sp³-hybridized carbons (Fsp3) is 0.333. The second-order valence-electron chi connectivity index (χ2n) is 7.64. The normalized spacial score (nSPS) is 18.4. The topological polar surface area (TPSA) is 85.4 Å². The summed E-state index contributed by atoms with van der Waals surface area (Å²) in [5.41, 5.74) is 4.90. The number of ketones is 1. The van der Waals surface area contributed by atoms with Crippen molar-refractivity contribution in [3.05, 3.63) is 53.4 Å². The van der Waals surface area contributed by atoms with Crippen molar-refractivity contribution in [2.75, 3.05) is 11.9 Å². The van der Waals surface area contributed by atoms with Gasteiger partial charge in [0.15, 0.2) is 5.78 Å². The number of pyridine rings is 1. The molecule has 1 unspecified atom stereocenters. The predicted octanol–water partition coefficient (Wildman–Crippen LogP) is 4.05. The molecular formula is C24H24N2O4. The second-order valence-corrected chi connectivity index (χ2v) is 7.64. The summed E-state index contributed by atoms with van der Waals surface area (Å²) in [4.78, 5) is 41.4. The van der Waals surface area contributed by atoms with Crippen molar-refractivity contribution in [2.24, 2.45) is 0 Å². The lowest BCUT2D eigenvalue weighted by molar-refractivity contribution is -0.145. The molecule has 1 aromatic carbocycles. The number of fused-ring (bicyclic) bond motifs is 5. The summed E-state index contributed by atoms with van der Waals surface area (Å²) in [5, 5.41) is 3.02. The average molecular weight is 404 g/mol. The summed E-state index contributed by atoms with van der Waals surface area (Å²) in [6.45, 7) is 2.11. The third-order valence-corrected chi connectivity index (χ3v) is 5.53. The minimum Gasteiger partial charge on any atom is -0.465 e. The monoisotopic (exact) mass is 404 g/mol. The molecule has 6 nitrogen and oxygen atoms in total. The smallest absolute Gasteiger partial charge is 0.315 e. The maximum absolute atomic E-state index is 12.6. The maximum atomic E-state index is 12.6. The lowest BCUT2D eigenvalue weighted by Gasteiger charge is -2.20. The van der Waals surface area contributed by atoms with E-state index in [-0.39, 0.29) is 17.7 Å². The largest absolute Gasteiger partial charge is 0.465 e. The Morgan fingerprint density at radius 2 is 2.07 bits per heavy atom. The van der Waals surface area contributed by atoms with Gasteiger partial charge in [-0.3, -0.25) is 19.4 Å². The third-order valence-electron chi connectivity index (χ3n) is 5.53. The number of esters is 1. The molecule has 1 aliphatic heterocycles. The van der Waals surface area contributed by atoms with Gasteiger partial charge in [-0.25, -0.2) is 0 Å². The molecule has 0 radical (unpaired) electrons. The number of benzene rings is 1. The van der Waals surface area contributed by atoms with Crippen LogP contribution >= 0.6 is 0 Å². The van der Waals surface area contributed by atoms with E-state index in [1.165, 1.54) is 0 Å². The van der Waals surface area contributed by atoms with E-state index >= 15 is 0 Å². The molecule has 2 heterocycles. The maximum Gasteiger partial charge on any atom is 0.315 e. The van der Waals surface area contributed by atoms with Crippen LogP contribution < -0.4 is 5.32 Å². The number of hydrogen-bond acceptors (Lipinski definition) is 5. The van der Waals surface area contributed by atoms with Gasteiger partial charge >= 0.3 is 5.97 Å². The number of nitrogens with zero attached hydrogens (tertiary/aromatic N) is 1. The van der Waals surface area contributed by atoms with Crippen LogP contribution in [0.5, 0.6) is 0 Å². The van der Waals surface area contributed by atoms with Crippen LogP contribution in [0.15, 0.2) is 36.5 Å². The highest BCUT2D eigenvalue weighted by Gasteiger charge is 2.25. The van der Waals surface area contributed by atoms with Crippen LogP contribution in [0.25, 0.3) is 17.2 Å². The van der Waals surface area contributed by atoms with Crippen LogP contribution in [0.1, 0.15) is 55.3 Å². The second kappa shape index (κ2) is 8.61. The molecule has 6 heteroatoms. The lowest BCUT2D eigenvalue weighted by atomic mass is 9.90. The molecule has 0 saturated carbocycles. The molecule has 1 N–H and O–H groups in total. The summed E-state index contributed by atoms with van der Waals surface area (Å²) in [6, 6.07) is 7.64. The van der Waals surface area contributed by atoms with Crippen molar-refractivity contribution >= 4 is 29.4 Å². The Morgan fingerprint density at radius 1 is 1.20 bits per heavy atom. The van der Waals surface area contributed by atoms with Crippen LogP contribution in [0.3, 0.4) is 0 Å². The number of anilines is 1. The first-order valence-electron chi connectivity index (χ1n) is 10.4. The number of ether oxygens (including phenoxy) is 1. The summed E-state index contributed by atoms with van der Waals surface area (Å²) in [7, 11) is 0. The molecule has 1 atom stereocenters. The first-order chi connectivity index (χ1) is 14.5. The number of carbonyl (C=O) groups is 3. The Hall–Kier alpha value is -3.28. The van der Waals surface area contributed by atoms with Gasteiger partial charge in [0.2, 0.25) is 5.91 Å². The Labute approximate surface area is 175 Å². The minimum absolute atomic E-state index is 0.0467. The number of nitrogens with one attached hydrogen (secondary N) is 1. The number of amides is 1. The molecular weight excluding hydrogens is 380 g/mol. The molecule has 0 spiro atoms. The SMILES string of the molecule is CCOC(=O)C1CCCCC(=O)Nc2cc3c(cc2-c2ccnc1c2)C=CC(=O)C3. The Kier molecular flexibility index (Phi) is 5.74. The summed E-state index contributed by atoms with van der Waals surface area (Å²) in [6.07, 6.45) is 7.74. The third kappa shape index (κ3) is 4.17. The number of allylic oxidation sites excluding steroid dienone is 1. The molecule has 0 saturated heterocycles. The zero-order valence-electron chi connectivity index (χ0n) is 16.9.